The molecule has 4 rings (SSSR count). The van der Waals surface area contributed by atoms with E-state index >= 15 is 0 Å². The van der Waals surface area contributed by atoms with Gasteiger partial charge < -0.3 is 19.7 Å². The molecule has 0 radical (unpaired) electrons. The largest absolute Gasteiger partial charge is 0.488 e. The highest BCUT2D eigenvalue weighted by Crippen LogP contribution is 2.34. The Balaban J connectivity index is 1.56. The molecule has 0 aliphatic carbocycles. The number of aliphatic carboxylic acids is 1. The van der Waals surface area contributed by atoms with Crippen molar-refractivity contribution in [1.29, 1.82) is 0 Å². The van der Waals surface area contributed by atoms with E-state index in [0.717, 1.165) is 35.9 Å². The van der Waals surface area contributed by atoms with E-state index in [-0.39, 0.29) is 13.2 Å². The highest BCUT2D eigenvalue weighted by Gasteiger charge is 2.18. The van der Waals surface area contributed by atoms with Crippen molar-refractivity contribution in [2.24, 2.45) is 0 Å². The molecular formula is C29H26BrIN2O5. The molecular weight excluding hydrogens is 663 g/mol. The standard InChI is InChI=1S/C29H26BrIN2O5/c30-28-21(9-4-10-23(28)20-7-2-1-3-8-20)18-38-27-13-26(37-17-19-6-5-11-32-14-19)22(12-24(27)31)15-33-25(16-34)29(35)36/h1-14,25,33-34H,15-18H2,(H,35,36). The van der Waals surface area contributed by atoms with Crippen LogP contribution < -0.4 is 14.8 Å². The molecule has 0 saturated carbocycles. The van der Waals surface area contributed by atoms with Gasteiger partial charge in [0, 0.05) is 46.2 Å². The Morgan fingerprint density at radius 3 is 2.47 bits per heavy atom. The molecule has 0 amide bonds. The molecule has 3 N–H and O–H groups in total. The molecule has 1 aromatic heterocycles. The fourth-order valence-electron chi connectivity index (χ4n) is 3.75. The first-order valence-electron chi connectivity index (χ1n) is 11.8. The maximum Gasteiger partial charge on any atom is 0.323 e. The molecule has 1 heterocycles. The van der Waals surface area contributed by atoms with E-state index in [2.05, 4.69) is 67.0 Å². The highest BCUT2D eigenvalue weighted by atomic mass is 127. The zero-order valence-corrected chi connectivity index (χ0v) is 24.1. The van der Waals surface area contributed by atoms with Crippen LogP contribution in [0.3, 0.4) is 0 Å². The van der Waals surface area contributed by atoms with E-state index < -0.39 is 18.6 Å². The Bertz CT molecular complexity index is 1370. The summed E-state index contributed by atoms with van der Waals surface area (Å²) in [6.07, 6.45) is 3.42. The normalized spacial score (nSPS) is 11.7. The quantitative estimate of drug-likeness (QED) is 0.162. The van der Waals surface area contributed by atoms with Crippen LogP contribution in [0.1, 0.15) is 16.7 Å². The molecule has 0 bridgehead atoms. The van der Waals surface area contributed by atoms with E-state index in [4.69, 9.17) is 9.47 Å². The number of halogens is 2. The maximum absolute atomic E-state index is 11.3. The number of rotatable bonds is 12. The van der Waals surface area contributed by atoms with Gasteiger partial charge in [0.25, 0.3) is 0 Å². The summed E-state index contributed by atoms with van der Waals surface area (Å²) in [5.41, 5.74) is 4.84. The number of nitrogens with zero attached hydrogens (tertiary/aromatic N) is 1. The summed E-state index contributed by atoms with van der Waals surface area (Å²) in [7, 11) is 0. The van der Waals surface area contributed by atoms with Crippen LogP contribution in [0.15, 0.2) is 89.7 Å². The maximum atomic E-state index is 11.3. The minimum atomic E-state index is -1.12. The number of nitrogens with one attached hydrogen (secondary N) is 1. The number of carboxylic acids is 1. The van der Waals surface area contributed by atoms with Crippen LogP contribution in [0.4, 0.5) is 0 Å². The number of aliphatic hydroxyl groups excluding tert-OH is 1. The topological polar surface area (TPSA) is 101 Å². The van der Waals surface area contributed by atoms with Crippen LogP contribution in [-0.4, -0.2) is 33.8 Å². The number of ether oxygens (including phenoxy) is 2. The molecule has 0 aliphatic heterocycles. The fraction of sp³-hybridized carbons (Fsp3) is 0.172. The average Bonchev–Trinajstić information content (AvgIpc) is 2.93. The molecule has 0 fully saturated rings. The number of carboxylic acid groups (broad SMARTS) is 1. The lowest BCUT2D eigenvalue weighted by Crippen LogP contribution is -2.39. The lowest BCUT2D eigenvalue weighted by Gasteiger charge is -2.18. The molecule has 1 atom stereocenters. The van der Waals surface area contributed by atoms with Crippen LogP contribution in [-0.2, 0) is 24.6 Å². The van der Waals surface area contributed by atoms with Crippen molar-refractivity contribution in [3.05, 3.63) is 110 Å². The van der Waals surface area contributed by atoms with Gasteiger partial charge in [-0.25, -0.2) is 0 Å². The predicted octanol–water partition coefficient (Wildman–Crippen LogP) is 5.81. The molecule has 0 saturated heterocycles. The van der Waals surface area contributed by atoms with Crippen LogP contribution in [0.5, 0.6) is 11.5 Å². The van der Waals surface area contributed by atoms with Crippen LogP contribution >= 0.6 is 38.5 Å². The van der Waals surface area contributed by atoms with Crippen LogP contribution in [0.25, 0.3) is 11.1 Å². The van der Waals surface area contributed by atoms with Gasteiger partial charge in [0.2, 0.25) is 0 Å². The summed E-state index contributed by atoms with van der Waals surface area (Å²) in [6, 6.07) is 22.6. The number of aliphatic hydroxyl groups is 1. The van der Waals surface area contributed by atoms with Gasteiger partial charge in [0.05, 0.1) is 10.2 Å². The summed E-state index contributed by atoms with van der Waals surface area (Å²) in [5, 5.41) is 21.5. The lowest BCUT2D eigenvalue weighted by atomic mass is 10.0. The number of carbonyl (C=O) groups is 1. The van der Waals surface area contributed by atoms with Crippen LogP contribution in [0.2, 0.25) is 0 Å². The van der Waals surface area contributed by atoms with E-state index in [0.29, 0.717) is 18.1 Å². The van der Waals surface area contributed by atoms with Crippen molar-refractivity contribution in [3.63, 3.8) is 0 Å². The third-order valence-corrected chi connectivity index (χ3v) is 7.58. The zero-order chi connectivity index (χ0) is 26.9. The number of aromatic nitrogens is 1. The first kappa shape index (κ1) is 28.0. The number of hydrogen-bond donors (Lipinski definition) is 3. The van der Waals surface area contributed by atoms with Gasteiger partial charge in [-0.3, -0.25) is 15.1 Å². The third-order valence-electron chi connectivity index (χ3n) is 5.80. The minimum absolute atomic E-state index is 0.195. The van der Waals surface area contributed by atoms with Crippen LogP contribution in [0, 0.1) is 3.57 Å². The van der Waals surface area contributed by atoms with Gasteiger partial charge in [-0.2, -0.15) is 0 Å². The van der Waals surface area contributed by atoms with Gasteiger partial charge in [-0.1, -0.05) is 54.6 Å². The van der Waals surface area contributed by atoms with Crippen molar-refractivity contribution in [3.8, 4) is 22.6 Å². The zero-order valence-electron chi connectivity index (χ0n) is 20.3. The Hall–Kier alpha value is -2.99. The molecule has 196 valence electrons. The Kier molecular flexibility index (Phi) is 10.1. The van der Waals surface area contributed by atoms with E-state index in [1.54, 1.807) is 12.4 Å². The van der Waals surface area contributed by atoms with E-state index in [9.17, 15) is 15.0 Å². The molecule has 4 aromatic rings. The van der Waals surface area contributed by atoms with Gasteiger partial charge in [-0.15, -0.1) is 0 Å². The van der Waals surface area contributed by atoms with Gasteiger partial charge >= 0.3 is 5.97 Å². The summed E-state index contributed by atoms with van der Waals surface area (Å²) >= 11 is 5.94. The number of benzene rings is 3. The second-order valence-electron chi connectivity index (χ2n) is 8.43. The molecule has 3 aromatic carbocycles. The molecule has 0 aliphatic rings. The van der Waals surface area contributed by atoms with E-state index in [1.807, 2.05) is 54.6 Å². The van der Waals surface area contributed by atoms with Crippen molar-refractivity contribution in [1.82, 2.24) is 10.3 Å². The molecule has 7 nitrogen and oxygen atoms in total. The lowest BCUT2D eigenvalue weighted by molar-refractivity contribution is -0.140. The van der Waals surface area contributed by atoms with Crippen molar-refractivity contribution in [2.75, 3.05) is 6.61 Å². The minimum Gasteiger partial charge on any atom is -0.488 e. The molecule has 38 heavy (non-hydrogen) atoms. The summed E-state index contributed by atoms with van der Waals surface area (Å²) in [6.45, 7) is 0.299. The summed E-state index contributed by atoms with van der Waals surface area (Å²) in [5.74, 6) is 0.0729. The Morgan fingerprint density at radius 1 is 0.974 bits per heavy atom. The smallest absolute Gasteiger partial charge is 0.323 e. The Morgan fingerprint density at radius 2 is 1.76 bits per heavy atom. The summed E-state index contributed by atoms with van der Waals surface area (Å²) < 4.78 is 14.2. The highest BCUT2D eigenvalue weighted by molar-refractivity contribution is 14.1. The monoisotopic (exact) mass is 688 g/mol. The number of pyridine rings is 1. The second kappa shape index (κ2) is 13.7. The molecule has 0 spiro atoms. The molecule has 1 unspecified atom stereocenters. The number of hydrogen-bond acceptors (Lipinski definition) is 6. The average molecular weight is 689 g/mol. The SMILES string of the molecule is O=C(O)C(CO)NCc1cc(I)c(OCc2cccc(-c3ccccc3)c2Br)cc1OCc1cccnc1. The Labute approximate surface area is 243 Å². The first-order chi connectivity index (χ1) is 18.5. The van der Waals surface area contributed by atoms with Crippen molar-refractivity contribution in [2.45, 2.75) is 25.8 Å². The first-order valence-corrected chi connectivity index (χ1v) is 13.7. The summed E-state index contributed by atoms with van der Waals surface area (Å²) in [4.78, 5) is 15.5. The van der Waals surface area contributed by atoms with Crippen molar-refractivity contribution >= 4 is 44.5 Å². The van der Waals surface area contributed by atoms with Gasteiger partial charge in [0.15, 0.2) is 0 Å². The molecule has 9 heteroatoms. The van der Waals surface area contributed by atoms with Gasteiger partial charge in [0.1, 0.15) is 30.8 Å². The second-order valence-corrected chi connectivity index (χ2v) is 10.4. The van der Waals surface area contributed by atoms with Crippen molar-refractivity contribution < 1.29 is 24.5 Å². The predicted molar refractivity (Wildman–Crippen MR) is 157 cm³/mol. The third kappa shape index (κ3) is 7.31. The fourth-order valence-corrected chi connectivity index (χ4v) is 5.05. The van der Waals surface area contributed by atoms with E-state index in [1.165, 1.54) is 0 Å². The van der Waals surface area contributed by atoms with Gasteiger partial charge in [-0.05, 0) is 61.8 Å².